The number of nitrogens with two attached hydrogens (primary N) is 1. The van der Waals surface area contributed by atoms with Gasteiger partial charge in [0.15, 0.2) is 17.7 Å². The maximum atomic E-state index is 13.6. The number of benzene rings is 1. The molecule has 2 N–H and O–H groups in total. The minimum Gasteiger partial charge on any atom is -0.479 e. The fourth-order valence-electron chi connectivity index (χ4n) is 1.69. The molecule has 3 nitrogen and oxygen atoms in total. The topological polar surface area (TPSA) is 48.1 Å². The Morgan fingerprint density at radius 3 is 2.63 bits per heavy atom. The van der Waals surface area contributed by atoms with Gasteiger partial charge in [0.25, 0.3) is 0 Å². The Balaban J connectivity index is 2.29. The molecular weight excluding hydrogens is 250 g/mol. The van der Waals surface area contributed by atoms with Crippen LogP contribution in [0.3, 0.4) is 0 Å². The second-order valence-electron chi connectivity index (χ2n) is 4.23. The summed E-state index contributed by atoms with van der Waals surface area (Å²) in [5, 5.41) is 0. The molecule has 1 heterocycles. The van der Waals surface area contributed by atoms with Gasteiger partial charge in [-0.05, 0) is 31.2 Å². The van der Waals surface area contributed by atoms with Gasteiger partial charge in [0.1, 0.15) is 5.82 Å². The second-order valence-corrected chi connectivity index (χ2v) is 4.23. The van der Waals surface area contributed by atoms with Crippen molar-refractivity contribution in [2.24, 2.45) is 5.73 Å². The molecule has 2 aromatic rings. The number of hydrogen-bond acceptors (Lipinski definition) is 3. The summed E-state index contributed by atoms with van der Waals surface area (Å²) in [6.07, 6.45) is 0.952. The highest BCUT2D eigenvalue weighted by atomic mass is 19.1. The summed E-state index contributed by atoms with van der Waals surface area (Å²) in [6, 6.07) is 7.88. The van der Waals surface area contributed by atoms with E-state index in [1.165, 1.54) is 0 Å². The number of pyridine rings is 1. The van der Waals surface area contributed by atoms with E-state index in [2.05, 4.69) is 4.98 Å². The molecule has 0 fully saturated rings. The highest BCUT2D eigenvalue weighted by molar-refractivity contribution is 5.26. The van der Waals surface area contributed by atoms with Gasteiger partial charge >= 0.3 is 0 Å². The van der Waals surface area contributed by atoms with Crippen molar-refractivity contribution in [1.82, 2.24) is 4.98 Å². The maximum Gasteiger partial charge on any atom is 0.165 e. The van der Waals surface area contributed by atoms with E-state index in [0.29, 0.717) is 5.69 Å². The molecule has 1 aromatic heterocycles. The van der Waals surface area contributed by atoms with Crippen LogP contribution < -0.4 is 10.5 Å². The second kappa shape index (κ2) is 5.75. The van der Waals surface area contributed by atoms with Crippen LogP contribution >= 0.6 is 0 Å². The lowest BCUT2D eigenvalue weighted by Gasteiger charge is -2.22. The lowest BCUT2D eigenvalue weighted by molar-refractivity contribution is 0.167. The summed E-state index contributed by atoms with van der Waals surface area (Å²) in [4.78, 5) is 4.13. The minimum absolute atomic E-state index is 0.173. The monoisotopic (exact) mass is 264 g/mol. The van der Waals surface area contributed by atoms with Crippen molar-refractivity contribution in [2.75, 3.05) is 0 Å². The van der Waals surface area contributed by atoms with Gasteiger partial charge < -0.3 is 10.5 Å². The van der Waals surface area contributed by atoms with Gasteiger partial charge in [0.2, 0.25) is 0 Å². The summed E-state index contributed by atoms with van der Waals surface area (Å²) < 4.78 is 32.1. The average molecular weight is 264 g/mol. The molecule has 0 aliphatic rings. The van der Waals surface area contributed by atoms with Gasteiger partial charge in [0.05, 0.1) is 5.69 Å². The van der Waals surface area contributed by atoms with Gasteiger partial charge in [-0.2, -0.15) is 0 Å². The van der Waals surface area contributed by atoms with Crippen LogP contribution in [0.2, 0.25) is 0 Å². The number of nitrogens with zero attached hydrogens (tertiary/aromatic N) is 1. The molecule has 19 heavy (non-hydrogen) atoms. The lowest BCUT2D eigenvalue weighted by atomic mass is 10.1. The van der Waals surface area contributed by atoms with E-state index in [0.717, 1.165) is 18.2 Å². The van der Waals surface area contributed by atoms with E-state index in [1.807, 2.05) is 0 Å². The third-order valence-corrected chi connectivity index (χ3v) is 2.60. The molecular formula is C14H14F2N2O. The number of halogens is 2. The van der Waals surface area contributed by atoms with E-state index in [-0.39, 0.29) is 5.75 Å². The Kier molecular flexibility index (Phi) is 4.06. The molecule has 5 heteroatoms. The van der Waals surface area contributed by atoms with Crippen LogP contribution in [0.15, 0.2) is 42.6 Å². The van der Waals surface area contributed by atoms with Crippen molar-refractivity contribution in [3.8, 4) is 5.75 Å². The first-order chi connectivity index (χ1) is 9.08. The van der Waals surface area contributed by atoms with Crippen molar-refractivity contribution in [2.45, 2.75) is 19.1 Å². The van der Waals surface area contributed by atoms with Crippen LogP contribution in [0.25, 0.3) is 0 Å². The van der Waals surface area contributed by atoms with Crippen molar-refractivity contribution >= 4 is 0 Å². The maximum absolute atomic E-state index is 13.6. The molecule has 2 unspecified atom stereocenters. The summed E-state index contributed by atoms with van der Waals surface area (Å²) in [6.45, 7) is 1.72. The van der Waals surface area contributed by atoms with Crippen LogP contribution in [0.5, 0.6) is 5.75 Å². The summed E-state index contributed by atoms with van der Waals surface area (Å²) in [5.74, 6) is -1.38. The Morgan fingerprint density at radius 1 is 1.21 bits per heavy atom. The van der Waals surface area contributed by atoms with Gasteiger partial charge in [-0.25, -0.2) is 8.78 Å². The SMILES string of the molecule is CC(N)C(Oc1cc(F)ccc1F)c1ccccn1. The van der Waals surface area contributed by atoms with Crippen molar-refractivity contribution < 1.29 is 13.5 Å². The highest BCUT2D eigenvalue weighted by Crippen LogP contribution is 2.26. The molecule has 0 saturated carbocycles. The van der Waals surface area contributed by atoms with E-state index in [4.69, 9.17) is 10.5 Å². The standard InChI is InChI=1S/C14H14F2N2O/c1-9(17)14(12-4-2-3-7-18-12)19-13-8-10(15)5-6-11(13)16/h2-9,14H,17H2,1H3. The fraction of sp³-hybridized carbons (Fsp3) is 0.214. The number of ether oxygens (including phenoxy) is 1. The quantitative estimate of drug-likeness (QED) is 0.923. The Morgan fingerprint density at radius 2 is 2.00 bits per heavy atom. The third kappa shape index (κ3) is 3.26. The molecule has 0 radical (unpaired) electrons. The van der Waals surface area contributed by atoms with Crippen molar-refractivity contribution in [3.63, 3.8) is 0 Å². The highest BCUT2D eigenvalue weighted by Gasteiger charge is 2.21. The zero-order valence-electron chi connectivity index (χ0n) is 10.4. The van der Waals surface area contributed by atoms with Gasteiger partial charge in [-0.15, -0.1) is 0 Å². The zero-order chi connectivity index (χ0) is 13.8. The predicted octanol–water partition coefficient (Wildman–Crippen LogP) is 2.83. The average Bonchev–Trinajstić information content (AvgIpc) is 2.40. The van der Waals surface area contributed by atoms with Crippen molar-refractivity contribution in [3.05, 3.63) is 59.9 Å². The zero-order valence-corrected chi connectivity index (χ0v) is 10.4. The van der Waals surface area contributed by atoms with Crippen molar-refractivity contribution in [1.29, 1.82) is 0 Å². The van der Waals surface area contributed by atoms with Crippen LogP contribution in [-0.4, -0.2) is 11.0 Å². The third-order valence-electron chi connectivity index (χ3n) is 2.60. The first-order valence-corrected chi connectivity index (χ1v) is 5.86. The largest absolute Gasteiger partial charge is 0.479 e. The summed E-state index contributed by atoms with van der Waals surface area (Å²) >= 11 is 0. The van der Waals surface area contributed by atoms with E-state index >= 15 is 0 Å². The van der Waals surface area contributed by atoms with Crippen LogP contribution in [0, 0.1) is 11.6 Å². The van der Waals surface area contributed by atoms with Crippen LogP contribution in [0.1, 0.15) is 18.7 Å². The van der Waals surface area contributed by atoms with E-state index in [9.17, 15) is 8.78 Å². The Labute approximate surface area is 110 Å². The summed E-state index contributed by atoms with van der Waals surface area (Å²) in [5.41, 5.74) is 6.39. The normalized spacial score (nSPS) is 13.9. The van der Waals surface area contributed by atoms with E-state index in [1.54, 1.807) is 31.3 Å². The fourth-order valence-corrected chi connectivity index (χ4v) is 1.69. The van der Waals surface area contributed by atoms with Gasteiger partial charge in [-0.1, -0.05) is 6.07 Å². The number of rotatable bonds is 4. The molecule has 0 aliphatic heterocycles. The summed E-state index contributed by atoms with van der Waals surface area (Å²) in [7, 11) is 0. The number of aromatic nitrogens is 1. The molecule has 1 aromatic carbocycles. The smallest absolute Gasteiger partial charge is 0.165 e. The minimum atomic E-state index is -0.641. The molecule has 2 atom stereocenters. The van der Waals surface area contributed by atoms with Crippen LogP contribution in [-0.2, 0) is 0 Å². The molecule has 2 rings (SSSR count). The predicted molar refractivity (Wildman–Crippen MR) is 67.6 cm³/mol. The Hall–Kier alpha value is -2.01. The van der Waals surface area contributed by atoms with Gasteiger partial charge in [-0.3, -0.25) is 4.98 Å². The molecule has 0 aliphatic carbocycles. The first-order valence-electron chi connectivity index (χ1n) is 5.86. The lowest BCUT2D eigenvalue weighted by Crippen LogP contribution is -2.30. The first kappa shape index (κ1) is 13.4. The molecule has 0 bridgehead atoms. The van der Waals surface area contributed by atoms with Gasteiger partial charge in [0, 0.05) is 18.3 Å². The molecule has 0 saturated heterocycles. The van der Waals surface area contributed by atoms with E-state index < -0.39 is 23.8 Å². The Bertz CT molecular complexity index is 546. The molecule has 0 spiro atoms. The molecule has 0 amide bonds. The van der Waals surface area contributed by atoms with Crippen LogP contribution in [0.4, 0.5) is 8.78 Å². The molecule has 100 valence electrons. The number of hydrogen-bond donors (Lipinski definition) is 1.